The molecule has 6 nitrogen and oxygen atoms in total. The number of anilines is 1. The molecule has 6 heteroatoms. The fraction of sp³-hybridized carbons (Fsp3) is 0.333. The van der Waals surface area contributed by atoms with Gasteiger partial charge in [0, 0.05) is 6.42 Å². The number of carboxylic acids is 1. The number of ether oxygens (including phenoxy) is 2. The van der Waals surface area contributed by atoms with E-state index < -0.39 is 5.97 Å². The van der Waals surface area contributed by atoms with Gasteiger partial charge < -0.3 is 19.9 Å². The smallest absolute Gasteiger partial charge is 0.335 e. The molecule has 0 aliphatic heterocycles. The quantitative estimate of drug-likeness (QED) is 0.722. The van der Waals surface area contributed by atoms with Crippen molar-refractivity contribution < 1.29 is 24.2 Å². The normalized spacial score (nSPS) is 11.7. The molecule has 2 N–H and O–H groups in total. The van der Waals surface area contributed by atoms with Crippen LogP contribution in [0.4, 0.5) is 5.69 Å². The van der Waals surface area contributed by atoms with E-state index in [0.717, 1.165) is 11.3 Å². The second kappa shape index (κ2) is 9.07. The summed E-state index contributed by atoms with van der Waals surface area (Å²) in [7, 11) is 1.61. The van der Waals surface area contributed by atoms with Gasteiger partial charge in [-0.25, -0.2) is 4.79 Å². The lowest BCUT2D eigenvalue weighted by Gasteiger charge is -2.17. The van der Waals surface area contributed by atoms with Gasteiger partial charge in [-0.2, -0.15) is 0 Å². The molecule has 2 aromatic rings. The Labute approximate surface area is 159 Å². The van der Waals surface area contributed by atoms with Gasteiger partial charge in [-0.15, -0.1) is 0 Å². The molecule has 2 rings (SSSR count). The molecule has 144 valence electrons. The molecule has 0 saturated carbocycles. The first-order chi connectivity index (χ1) is 12.8. The summed E-state index contributed by atoms with van der Waals surface area (Å²) in [6.45, 7) is 5.69. The Balaban J connectivity index is 2.12. The second-order valence-electron chi connectivity index (χ2n) is 6.61. The first-order valence-corrected chi connectivity index (χ1v) is 8.78. The third-order valence-corrected chi connectivity index (χ3v) is 4.04. The van der Waals surface area contributed by atoms with Crippen molar-refractivity contribution in [2.45, 2.75) is 39.2 Å². The van der Waals surface area contributed by atoms with Crippen molar-refractivity contribution in [3.63, 3.8) is 0 Å². The predicted molar refractivity (Wildman–Crippen MR) is 104 cm³/mol. The minimum absolute atomic E-state index is 0.00645. The zero-order chi connectivity index (χ0) is 20.0. The van der Waals surface area contributed by atoms with Crippen LogP contribution in [0.25, 0.3) is 0 Å². The Bertz CT molecular complexity index is 799. The average Bonchev–Trinajstić information content (AvgIpc) is 2.62. The number of carbonyl (C=O) groups excluding carboxylic acids is 1. The molecular formula is C21H25NO5. The number of nitrogens with one attached hydrogen (secondary N) is 1. The van der Waals surface area contributed by atoms with Gasteiger partial charge in [-0.05, 0) is 55.7 Å². The monoisotopic (exact) mass is 371 g/mol. The Morgan fingerprint density at radius 3 is 2.30 bits per heavy atom. The van der Waals surface area contributed by atoms with E-state index >= 15 is 0 Å². The summed E-state index contributed by atoms with van der Waals surface area (Å²) in [6.07, 6.45) is 0.152. The first kappa shape index (κ1) is 20.3. The number of carbonyl (C=O) groups is 2. The van der Waals surface area contributed by atoms with Crippen LogP contribution in [0.3, 0.4) is 0 Å². The lowest BCUT2D eigenvalue weighted by Crippen LogP contribution is -2.17. The maximum atomic E-state index is 12.5. The Kier molecular flexibility index (Phi) is 6.82. The van der Waals surface area contributed by atoms with E-state index in [1.54, 1.807) is 13.2 Å². The fourth-order valence-corrected chi connectivity index (χ4v) is 2.65. The van der Waals surface area contributed by atoms with Crippen molar-refractivity contribution in [3.05, 3.63) is 53.6 Å². The molecule has 2 aromatic carbocycles. The zero-order valence-electron chi connectivity index (χ0n) is 16.0. The number of benzene rings is 2. The molecule has 0 aliphatic rings. The molecule has 1 unspecified atom stereocenters. The molecule has 0 saturated heterocycles. The largest absolute Gasteiger partial charge is 0.497 e. The molecule has 0 spiro atoms. The Morgan fingerprint density at radius 1 is 1.07 bits per heavy atom. The standard InChI is InChI=1S/C21H25NO5/c1-13(2)27-19-10-7-16(21(24)25)12-18(19)22-20(23)11-14(3)15-5-8-17(26-4)9-6-15/h5-10,12-14H,11H2,1-4H3,(H,22,23)(H,24,25). The zero-order valence-corrected chi connectivity index (χ0v) is 16.0. The summed E-state index contributed by atoms with van der Waals surface area (Å²) in [5, 5.41) is 12.0. The molecule has 0 aromatic heterocycles. The molecular weight excluding hydrogens is 346 g/mol. The van der Waals surface area contributed by atoms with Crippen LogP contribution in [0.5, 0.6) is 11.5 Å². The number of rotatable bonds is 8. The highest BCUT2D eigenvalue weighted by Crippen LogP contribution is 2.28. The summed E-state index contributed by atoms with van der Waals surface area (Å²) in [5.41, 5.74) is 1.46. The van der Waals surface area contributed by atoms with Gasteiger partial charge in [0.2, 0.25) is 5.91 Å². The minimum Gasteiger partial charge on any atom is -0.497 e. The number of hydrogen-bond acceptors (Lipinski definition) is 4. The van der Waals surface area contributed by atoms with Crippen LogP contribution in [0, 0.1) is 0 Å². The van der Waals surface area contributed by atoms with Crippen molar-refractivity contribution in [2.75, 3.05) is 12.4 Å². The first-order valence-electron chi connectivity index (χ1n) is 8.78. The lowest BCUT2D eigenvalue weighted by atomic mass is 9.97. The summed E-state index contributed by atoms with van der Waals surface area (Å²) in [6, 6.07) is 12.0. The van der Waals surface area contributed by atoms with Crippen LogP contribution < -0.4 is 14.8 Å². The van der Waals surface area contributed by atoms with Gasteiger partial charge in [0.05, 0.1) is 24.5 Å². The van der Waals surface area contributed by atoms with Crippen LogP contribution >= 0.6 is 0 Å². The van der Waals surface area contributed by atoms with Gasteiger partial charge >= 0.3 is 5.97 Å². The molecule has 0 bridgehead atoms. The van der Waals surface area contributed by atoms with E-state index in [1.165, 1.54) is 12.1 Å². The van der Waals surface area contributed by atoms with Gasteiger partial charge in [-0.3, -0.25) is 4.79 Å². The Morgan fingerprint density at radius 2 is 1.74 bits per heavy atom. The SMILES string of the molecule is COc1ccc(C(C)CC(=O)Nc2cc(C(=O)O)ccc2OC(C)C)cc1. The maximum Gasteiger partial charge on any atom is 0.335 e. The summed E-state index contributed by atoms with van der Waals surface area (Å²) in [4.78, 5) is 23.7. The van der Waals surface area contributed by atoms with Crippen molar-refractivity contribution in [3.8, 4) is 11.5 Å². The number of methoxy groups -OCH3 is 1. The number of carboxylic acid groups (broad SMARTS) is 1. The van der Waals surface area contributed by atoms with E-state index in [-0.39, 0.29) is 29.9 Å². The number of amides is 1. The van der Waals surface area contributed by atoms with Gasteiger partial charge in [-0.1, -0.05) is 19.1 Å². The highest BCUT2D eigenvalue weighted by Gasteiger charge is 2.16. The molecule has 1 amide bonds. The summed E-state index contributed by atoms with van der Waals surface area (Å²) in [5.74, 6) is -0.0764. The maximum absolute atomic E-state index is 12.5. The molecule has 0 aliphatic carbocycles. The highest BCUT2D eigenvalue weighted by atomic mass is 16.5. The van der Waals surface area contributed by atoms with E-state index in [9.17, 15) is 14.7 Å². The van der Waals surface area contributed by atoms with E-state index in [0.29, 0.717) is 11.4 Å². The van der Waals surface area contributed by atoms with Crippen molar-refractivity contribution in [2.24, 2.45) is 0 Å². The molecule has 27 heavy (non-hydrogen) atoms. The third kappa shape index (κ3) is 5.74. The van der Waals surface area contributed by atoms with Gasteiger partial charge in [0.15, 0.2) is 0 Å². The fourth-order valence-electron chi connectivity index (χ4n) is 2.65. The Hall–Kier alpha value is -3.02. The van der Waals surface area contributed by atoms with Crippen molar-refractivity contribution in [1.29, 1.82) is 0 Å². The van der Waals surface area contributed by atoms with E-state index in [2.05, 4.69) is 5.32 Å². The van der Waals surface area contributed by atoms with Gasteiger partial charge in [0.1, 0.15) is 11.5 Å². The molecule has 0 heterocycles. The predicted octanol–water partition coefficient (Wildman–Crippen LogP) is 4.31. The molecule has 1 atom stereocenters. The molecule has 0 radical (unpaired) electrons. The minimum atomic E-state index is -1.06. The lowest BCUT2D eigenvalue weighted by molar-refractivity contribution is -0.116. The van der Waals surface area contributed by atoms with E-state index in [4.69, 9.17) is 9.47 Å². The van der Waals surface area contributed by atoms with Crippen LogP contribution in [-0.2, 0) is 4.79 Å². The van der Waals surface area contributed by atoms with Crippen LogP contribution in [0.15, 0.2) is 42.5 Å². The number of hydrogen-bond donors (Lipinski definition) is 2. The van der Waals surface area contributed by atoms with E-state index in [1.807, 2.05) is 45.0 Å². The van der Waals surface area contributed by atoms with Gasteiger partial charge in [0.25, 0.3) is 0 Å². The topological polar surface area (TPSA) is 84.9 Å². The number of aromatic carboxylic acids is 1. The van der Waals surface area contributed by atoms with Crippen molar-refractivity contribution in [1.82, 2.24) is 0 Å². The molecule has 0 fully saturated rings. The third-order valence-electron chi connectivity index (χ3n) is 4.04. The average molecular weight is 371 g/mol. The second-order valence-corrected chi connectivity index (χ2v) is 6.61. The van der Waals surface area contributed by atoms with Crippen LogP contribution in [0.2, 0.25) is 0 Å². The van der Waals surface area contributed by atoms with Crippen LogP contribution in [0.1, 0.15) is 49.0 Å². The van der Waals surface area contributed by atoms with Crippen molar-refractivity contribution >= 4 is 17.6 Å². The summed E-state index contributed by atoms with van der Waals surface area (Å²) >= 11 is 0. The highest BCUT2D eigenvalue weighted by molar-refractivity contribution is 5.95. The van der Waals surface area contributed by atoms with Crippen LogP contribution in [-0.4, -0.2) is 30.2 Å². The summed E-state index contributed by atoms with van der Waals surface area (Å²) < 4.78 is 10.8.